The van der Waals surface area contributed by atoms with Crippen LogP contribution in [0, 0.1) is 0 Å². The minimum absolute atomic E-state index is 0.237. The molecule has 7 nitrogen and oxygen atoms in total. The normalized spacial score (nSPS) is 16.1. The largest absolute Gasteiger partial charge is 0.486 e. The smallest absolute Gasteiger partial charge is 0.328 e. The van der Waals surface area contributed by atoms with Gasteiger partial charge in [0, 0.05) is 5.56 Å². The van der Waals surface area contributed by atoms with Crippen LogP contribution in [0.5, 0.6) is 11.5 Å². The maximum absolute atomic E-state index is 12.0. The van der Waals surface area contributed by atoms with Gasteiger partial charge in [0.25, 0.3) is 5.91 Å². The Labute approximate surface area is 115 Å². The van der Waals surface area contributed by atoms with E-state index in [9.17, 15) is 14.7 Å². The maximum Gasteiger partial charge on any atom is 0.328 e. The number of aliphatic hydroxyl groups is 1. The Morgan fingerprint density at radius 3 is 2.50 bits per heavy atom. The first-order valence-corrected chi connectivity index (χ1v) is 6.10. The standard InChI is InChI=1S/C13H15NO6/c1-7(15)11(13(17)18)14-12(16)8-2-3-9-10(6-8)20-5-4-19-9/h2-3,6-7,11,15H,4-5H2,1H3,(H,14,16)(H,17,18). The average molecular weight is 281 g/mol. The van der Waals surface area contributed by atoms with Crippen molar-refractivity contribution < 1.29 is 29.3 Å². The fourth-order valence-corrected chi connectivity index (χ4v) is 1.80. The molecular formula is C13H15NO6. The Morgan fingerprint density at radius 1 is 1.25 bits per heavy atom. The van der Waals surface area contributed by atoms with Crippen LogP contribution in [-0.4, -0.2) is 47.4 Å². The second-order valence-corrected chi connectivity index (χ2v) is 4.39. The fraction of sp³-hybridized carbons (Fsp3) is 0.385. The molecule has 1 aromatic rings. The predicted molar refractivity (Wildman–Crippen MR) is 68.0 cm³/mol. The molecule has 1 aromatic carbocycles. The zero-order chi connectivity index (χ0) is 14.7. The Morgan fingerprint density at radius 2 is 1.90 bits per heavy atom. The van der Waals surface area contributed by atoms with Gasteiger partial charge in [0.2, 0.25) is 0 Å². The first-order valence-electron chi connectivity index (χ1n) is 6.10. The van der Waals surface area contributed by atoms with E-state index < -0.39 is 24.0 Å². The highest BCUT2D eigenvalue weighted by Crippen LogP contribution is 2.30. The molecule has 1 amide bonds. The molecule has 3 N–H and O–H groups in total. The molecule has 108 valence electrons. The third kappa shape index (κ3) is 3.00. The number of carbonyl (C=O) groups is 2. The molecule has 0 bridgehead atoms. The summed E-state index contributed by atoms with van der Waals surface area (Å²) in [5, 5.41) is 20.5. The number of carbonyl (C=O) groups excluding carboxylic acids is 1. The molecule has 0 radical (unpaired) electrons. The Hall–Kier alpha value is -2.28. The number of aliphatic hydroxyl groups excluding tert-OH is 1. The summed E-state index contributed by atoms with van der Waals surface area (Å²) in [6, 6.07) is 3.20. The van der Waals surface area contributed by atoms with Gasteiger partial charge in [-0.05, 0) is 25.1 Å². The highest BCUT2D eigenvalue weighted by atomic mass is 16.6. The second kappa shape index (κ2) is 5.79. The van der Waals surface area contributed by atoms with Crippen LogP contribution in [0.4, 0.5) is 0 Å². The summed E-state index contributed by atoms with van der Waals surface area (Å²) in [5.74, 6) is -0.924. The summed E-state index contributed by atoms with van der Waals surface area (Å²) >= 11 is 0. The number of carboxylic acids is 1. The number of benzene rings is 1. The van der Waals surface area contributed by atoms with Gasteiger partial charge in [0.15, 0.2) is 17.5 Å². The van der Waals surface area contributed by atoms with Crippen molar-refractivity contribution in [3.05, 3.63) is 23.8 Å². The van der Waals surface area contributed by atoms with E-state index in [0.717, 1.165) is 0 Å². The molecule has 0 aliphatic carbocycles. The van der Waals surface area contributed by atoms with E-state index in [1.165, 1.54) is 19.1 Å². The summed E-state index contributed by atoms with van der Waals surface area (Å²) in [6.07, 6.45) is -1.20. The minimum Gasteiger partial charge on any atom is -0.486 e. The molecular weight excluding hydrogens is 266 g/mol. The third-order valence-corrected chi connectivity index (χ3v) is 2.84. The van der Waals surface area contributed by atoms with Gasteiger partial charge in [-0.3, -0.25) is 4.79 Å². The van der Waals surface area contributed by atoms with Crippen molar-refractivity contribution >= 4 is 11.9 Å². The van der Waals surface area contributed by atoms with Crippen molar-refractivity contribution in [1.29, 1.82) is 0 Å². The summed E-state index contributed by atoms with van der Waals surface area (Å²) < 4.78 is 10.7. The van der Waals surface area contributed by atoms with Crippen molar-refractivity contribution in [2.24, 2.45) is 0 Å². The molecule has 0 aromatic heterocycles. The Balaban J connectivity index is 2.15. The first kappa shape index (κ1) is 14.1. The maximum atomic E-state index is 12.0. The van der Waals surface area contributed by atoms with Gasteiger partial charge in [-0.15, -0.1) is 0 Å². The van der Waals surface area contributed by atoms with Crippen LogP contribution < -0.4 is 14.8 Å². The second-order valence-electron chi connectivity index (χ2n) is 4.39. The number of hydrogen-bond donors (Lipinski definition) is 3. The van der Waals surface area contributed by atoms with Crippen LogP contribution in [0.15, 0.2) is 18.2 Å². The lowest BCUT2D eigenvalue weighted by atomic mass is 10.1. The molecule has 1 aliphatic heterocycles. The topological polar surface area (TPSA) is 105 Å². The molecule has 2 unspecified atom stereocenters. The lowest BCUT2D eigenvalue weighted by molar-refractivity contribution is -0.141. The van der Waals surface area contributed by atoms with E-state index >= 15 is 0 Å². The molecule has 2 rings (SSSR count). The van der Waals surface area contributed by atoms with E-state index in [1.807, 2.05) is 0 Å². The van der Waals surface area contributed by atoms with Crippen LogP contribution in [0.2, 0.25) is 0 Å². The molecule has 0 saturated carbocycles. The number of aliphatic carboxylic acids is 1. The quantitative estimate of drug-likeness (QED) is 0.718. The average Bonchev–Trinajstić information content (AvgIpc) is 2.43. The summed E-state index contributed by atoms with van der Waals surface area (Å²) in [5.41, 5.74) is 0.237. The number of carboxylic acid groups (broad SMARTS) is 1. The number of ether oxygens (including phenoxy) is 2. The van der Waals surface area contributed by atoms with Gasteiger partial charge >= 0.3 is 5.97 Å². The van der Waals surface area contributed by atoms with Crippen LogP contribution in [0.25, 0.3) is 0 Å². The summed E-state index contributed by atoms with van der Waals surface area (Å²) in [4.78, 5) is 22.9. The van der Waals surface area contributed by atoms with Gasteiger partial charge in [-0.2, -0.15) is 0 Å². The zero-order valence-electron chi connectivity index (χ0n) is 10.8. The molecule has 1 heterocycles. The van der Waals surface area contributed by atoms with Gasteiger partial charge in [-0.25, -0.2) is 4.79 Å². The van der Waals surface area contributed by atoms with Crippen LogP contribution in [-0.2, 0) is 4.79 Å². The van der Waals surface area contributed by atoms with E-state index in [-0.39, 0.29) is 5.56 Å². The van der Waals surface area contributed by atoms with Crippen molar-refractivity contribution in [2.75, 3.05) is 13.2 Å². The van der Waals surface area contributed by atoms with Gasteiger partial charge in [0.05, 0.1) is 6.10 Å². The number of amides is 1. The molecule has 0 fully saturated rings. The van der Waals surface area contributed by atoms with Gasteiger partial charge in [-0.1, -0.05) is 0 Å². The third-order valence-electron chi connectivity index (χ3n) is 2.84. The number of hydrogen-bond acceptors (Lipinski definition) is 5. The van der Waals surface area contributed by atoms with Crippen molar-refractivity contribution in [1.82, 2.24) is 5.32 Å². The molecule has 7 heteroatoms. The zero-order valence-corrected chi connectivity index (χ0v) is 10.8. The van der Waals surface area contributed by atoms with Crippen LogP contribution >= 0.6 is 0 Å². The minimum atomic E-state index is -1.37. The molecule has 1 aliphatic rings. The molecule has 0 spiro atoms. The highest BCUT2D eigenvalue weighted by molar-refractivity contribution is 5.97. The van der Waals surface area contributed by atoms with E-state index in [4.69, 9.17) is 14.6 Å². The summed E-state index contributed by atoms with van der Waals surface area (Å²) in [7, 11) is 0. The molecule has 0 saturated heterocycles. The van der Waals surface area contributed by atoms with Gasteiger partial charge in [0.1, 0.15) is 13.2 Å². The predicted octanol–water partition coefficient (Wildman–Crippen LogP) is 0.0216. The number of nitrogens with one attached hydrogen (secondary N) is 1. The van der Waals surface area contributed by atoms with Crippen LogP contribution in [0.3, 0.4) is 0 Å². The fourth-order valence-electron chi connectivity index (χ4n) is 1.80. The lowest BCUT2D eigenvalue weighted by Gasteiger charge is -2.20. The number of fused-ring (bicyclic) bond motifs is 1. The van der Waals surface area contributed by atoms with Crippen molar-refractivity contribution in [3.63, 3.8) is 0 Å². The SMILES string of the molecule is CC(O)C(NC(=O)c1ccc2c(c1)OCCO2)C(=O)O. The molecule has 20 heavy (non-hydrogen) atoms. The molecule has 2 atom stereocenters. The van der Waals surface area contributed by atoms with E-state index in [2.05, 4.69) is 5.32 Å². The highest BCUT2D eigenvalue weighted by Gasteiger charge is 2.26. The van der Waals surface area contributed by atoms with E-state index in [0.29, 0.717) is 24.7 Å². The van der Waals surface area contributed by atoms with E-state index in [1.54, 1.807) is 6.07 Å². The van der Waals surface area contributed by atoms with Crippen molar-refractivity contribution in [2.45, 2.75) is 19.1 Å². The Bertz CT molecular complexity index is 528. The Kier molecular flexibility index (Phi) is 4.09. The van der Waals surface area contributed by atoms with Crippen molar-refractivity contribution in [3.8, 4) is 11.5 Å². The first-order chi connectivity index (χ1) is 9.49. The lowest BCUT2D eigenvalue weighted by Crippen LogP contribution is -2.47. The van der Waals surface area contributed by atoms with Gasteiger partial charge < -0.3 is 25.0 Å². The van der Waals surface area contributed by atoms with Crippen LogP contribution in [0.1, 0.15) is 17.3 Å². The summed E-state index contributed by atoms with van der Waals surface area (Å²) in [6.45, 7) is 2.13. The number of rotatable bonds is 4. The monoisotopic (exact) mass is 281 g/mol.